The number of hydrogen-bond acceptors (Lipinski definition) is 2. The van der Waals surface area contributed by atoms with E-state index in [1.54, 1.807) is 0 Å². The lowest BCUT2D eigenvalue weighted by atomic mass is 10.1. The van der Waals surface area contributed by atoms with Crippen LogP contribution < -0.4 is 10.5 Å². The van der Waals surface area contributed by atoms with Gasteiger partial charge in [0.2, 0.25) is 0 Å². The van der Waals surface area contributed by atoms with Crippen molar-refractivity contribution < 1.29 is 4.74 Å². The molecule has 2 aromatic carbocycles. The minimum absolute atomic E-state index is 0.421. The fraction of sp³-hybridized carbons (Fsp3) is 0.250. The summed E-state index contributed by atoms with van der Waals surface area (Å²) >= 11 is 12.3. The van der Waals surface area contributed by atoms with Gasteiger partial charge in [0, 0.05) is 22.2 Å². The summed E-state index contributed by atoms with van der Waals surface area (Å²) in [7, 11) is 0. The van der Waals surface area contributed by atoms with Gasteiger partial charge in [-0.25, -0.2) is 0 Å². The first-order valence-corrected chi connectivity index (χ1v) is 7.13. The zero-order chi connectivity index (χ0) is 14.7. The number of nitrogens with two attached hydrogens (primary N) is 1. The first-order valence-electron chi connectivity index (χ1n) is 6.38. The Morgan fingerprint density at radius 2 is 1.70 bits per heavy atom. The van der Waals surface area contributed by atoms with E-state index >= 15 is 0 Å². The third-order valence-corrected chi connectivity index (χ3v) is 4.11. The fourth-order valence-corrected chi connectivity index (χ4v) is 2.35. The van der Waals surface area contributed by atoms with Gasteiger partial charge in [0.05, 0.1) is 0 Å². The molecule has 0 heterocycles. The van der Waals surface area contributed by atoms with Crippen molar-refractivity contribution in [2.45, 2.75) is 27.0 Å². The summed E-state index contributed by atoms with van der Waals surface area (Å²) in [4.78, 5) is 0. The standard InChI is InChI=1S/C16H17Cl2NO/c1-10-5-14(6-11(2)16(10)18)20-9-13-4-3-12(8-19)7-15(13)17/h3-7H,8-9,19H2,1-2H3. The van der Waals surface area contributed by atoms with Gasteiger partial charge in [-0.3, -0.25) is 0 Å². The van der Waals surface area contributed by atoms with Crippen LogP contribution in [0.1, 0.15) is 22.3 Å². The molecule has 2 nitrogen and oxygen atoms in total. The van der Waals surface area contributed by atoms with Gasteiger partial charge in [0.15, 0.2) is 0 Å². The molecule has 0 unspecified atom stereocenters. The topological polar surface area (TPSA) is 35.2 Å². The Bertz CT molecular complexity index is 603. The van der Waals surface area contributed by atoms with Gasteiger partial charge in [-0.2, -0.15) is 0 Å². The summed E-state index contributed by atoms with van der Waals surface area (Å²) in [6.07, 6.45) is 0. The number of halogens is 2. The molecule has 0 atom stereocenters. The number of ether oxygens (including phenoxy) is 1. The third kappa shape index (κ3) is 3.45. The summed E-state index contributed by atoms with van der Waals surface area (Å²) in [6, 6.07) is 9.64. The average Bonchev–Trinajstić information content (AvgIpc) is 2.43. The summed E-state index contributed by atoms with van der Waals surface area (Å²) in [5, 5.41) is 1.46. The number of benzene rings is 2. The molecule has 0 amide bonds. The van der Waals surface area contributed by atoms with E-state index in [1.807, 2.05) is 44.2 Å². The van der Waals surface area contributed by atoms with Crippen LogP contribution in [-0.2, 0) is 13.2 Å². The van der Waals surface area contributed by atoms with Crippen LogP contribution in [0.3, 0.4) is 0 Å². The zero-order valence-electron chi connectivity index (χ0n) is 11.5. The molecule has 0 fully saturated rings. The van der Waals surface area contributed by atoms with Crippen molar-refractivity contribution in [2.75, 3.05) is 0 Å². The highest BCUT2D eigenvalue weighted by molar-refractivity contribution is 6.32. The largest absolute Gasteiger partial charge is 0.489 e. The molecule has 2 N–H and O–H groups in total. The molecule has 0 radical (unpaired) electrons. The van der Waals surface area contributed by atoms with Crippen LogP contribution in [0.25, 0.3) is 0 Å². The molecule has 0 spiro atoms. The van der Waals surface area contributed by atoms with Crippen molar-refractivity contribution in [2.24, 2.45) is 5.73 Å². The molecular weight excluding hydrogens is 293 g/mol. The van der Waals surface area contributed by atoms with Crippen LogP contribution in [0.15, 0.2) is 30.3 Å². The molecule has 20 heavy (non-hydrogen) atoms. The quantitative estimate of drug-likeness (QED) is 0.892. The molecule has 0 saturated carbocycles. The lowest BCUT2D eigenvalue weighted by Gasteiger charge is -2.11. The second-order valence-electron chi connectivity index (χ2n) is 4.79. The monoisotopic (exact) mass is 309 g/mol. The van der Waals surface area contributed by atoms with Gasteiger partial charge >= 0.3 is 0 Å². The van der Waals surface area contributed by atoms with E-state index in [0.717, 1.165) is 33.0 Å². The SMILES string of the molecule is Cc1cc(OCc2ccc(CN)cc2Cl)cc(C)c1Cl. The molecular formula is C16H17Cl2NO. The normalized spacial score (nSPS) is 10.7. The molecule has 0 aliphatic carbocycles. The Kier molecular flexibility index (Phi) is 4.92. The number of hydrogen-bond donors (Lipinski definition) is 1. The van der Waals surface area contributed by atoms with E-state index in [4.69, 9.17) is 33.7 Å². The van der Waals surface area contributed by atoms with Crippen LogP contribution in [0.4, 0.5) is 0 Å². The molecule has 0 saturated heterocycles. The van der Waals surface area contributed by atoms with Gasteiger partial charge in [-0.1, -0.05) is 35.3 Å². The van der Waals surface area contributed by atoms with Crippen LogP contribution in [0.2, 0.25) is 10.0 Å². The molecule has 0 aromatic heterocycles. The molecule has 2 aromatic rings. The Morgan fingerprint density at radius 3 is 2.25 bits per heavy atom. The maximum Gasteiger partial charge on any atom is 0.120 e. The highest BCUT2D eigenvalue weighted by atomic mass is 35.5. The second-order valence-corrected chi connectivity index (χ2v) is 5.57. The highest BCUT2D eigenvalue weighted by Crippen LogP contribution is 2.27. The van der Waals surface area contributed by atoms with Crippen LogP contribution in [0, 0.1) is 13.8 Å². The molecule has 0 aliphatic heterocycles. The highest BCUT2D eigenvalue weighted by Gasteiger charge is 2.06. The van der Waals surface area contributed by atoms with Gasteiger partial charge in [0.1, 0.15) is 12.4 Å². The second kappa shape index (κ2) is 6.49. The molecule has 106 valence electrons. The van der Waals surface area contributed by atoms with E-state index in [-0.39, 0.29) is 0 Å². The fourth-order valence-electron chi connectivity index (χ4n) is 1.99. The number of aryl methyl sites for hydroxylation is 2. The molecule has 0 bridgehead atoms. The first kappa shape index (κ1) is 15.2. The van der Waals surface area contributed by atoms with Crippen molar-refractivity contribution in [3.05, 3.63) is 62.6 Å². The Labute approximate surface area is 129 Å². The summed E-state index contributed by atoms with van der Waals surface area (Å²) in [5.74, 6) is 0.795. The van der Waals surface area contributed by atoms with Crippen molar-refractivity contribution in [3.8, 4) is 5.75 Å². The van der Waals surface area contributed by atoms with E-state index in [2.05, 4.69) is 0 Å². The molecule has 2 rings (SSSR count). The lowest BCUT2D eigenvalue weighted by Crippen LogP contribution is -2.00. The van der Waals surface area contributed by atoms with Gasteiger partial charge in [-0.05, 0) is 48.7 Å². The zero-order valence-corrected chi connectivity index (χ0v) is 13.1. The predicted molar refractivity (Wildman–Crippen MR) is 84.6 cm³/mol. The van der Waals surface area contributed by atoms with Crippen molar-refractivity contribution in [3.63, 3.8) is 0 Å². The Hall–Kier alpha value is -1.22. The van der Waals surface area contributed by atoms with Crippen molar-refractivity contribution >= 4 is 23.2 Å². The lowest BCUT2D eigenvalue weighted by molar-refractivity contribution is 0.306. The summed E-state index contributed by atoms with van der Waals surface area (Å²) < 4.78 is 5.79. The Morgan fingerprint density at radius 1 is 1.05 bits per heavy atom. The van der Waals surface area contributed by atoms with E-state index in [0.29, 0.717) is 18.2 Å². The maximum atomic E-state index is 6.21. The minimum Gasteiger partial charge on any atom is -0.489 e. The van der Waals surface area contributed by atoms with E-state index in [9.17, 15) is 0 Å². The average molecular weight is 310 g/mol. The third-order valence-electron chi connectivity index (χ3n) is 3.16. The molecule has 4 heteroatoms. The summed E-state index contributed by atoms with van der Waals surface area (Å²) in [6.45, 7) is 4.83. The van der Waals surface area contributed by atoms with Crippen LogP contribution in [0.5, 0.6) is 5.75 Å². The van der Waals surface area contributed by atoms with Crippen molar-refractivity contribution in [1.29, 1.82) is 0 Å². The van der Waals surface area contributed by atoms with Crippen LogP contribution >= 0.6 is 23.2 Å². The number of rotatable bonds is 4. The van der Waals surface area contributed by atoms with Gasteiger partial charge in [0.25, 0.3) is 0 Å². The van der Waals surface area contributed by atoms with E-state index in [1.165, 1.54) is 0 Å². The minimum atomic E-state index is 0.421. The first-order chi connectivity index (χ1) is 9.51. The maximum absolute atomic E-state index is 6.21. The van der Waals surface area contributed by atoms with E-state index < -0.39 is 0 Å². The summed E-state index contributed by atoms with van der Waals surface area (Å²) in [5.41, 5.74) is 9.54. The van der Waals surface area contributed by atoms with Crippen molar-refractivity contribution in [1.82, 2.24) is 0 Å². The van der Waals surface area contributed by atoms with Gasteiger partial charge in [-0.15, -0.1) is 0 Å². The smallest absolute Gasteiger partial charge is 0.120 e. The van der Waals surface area contributed by atoms with Gasteiger partial charge < -0.3 is 10.5 Å². The Balaban J connectivity index is 2.13. The molecule has 0 aliphatic rings. The predicted octanol–water partition coefficient (Wildman–Crippen LogP) is 4.65. The van der Waals surface area contributed by atoms with Crippen LogP contribution in [-0.4, -0.2) is 0 Å².